The fraction of sp³-hybridized carbons (Fsp3) is 1.00. The smallest absolute Gasteiger partial charge is 0.0857 e. The van der Waals surface area contributed by atoms with Crippen molar-refractivity contribution >= 4 is 0 Å². The topological polar surface area (TPSA) is 31.4 Å². The fourth-order valence-electron chi connectivity index (χ4n) is 6.46. The Morgan fingerprint density at radius 3 is 1.25 bits per heavy atom. The first kappa shape index (κ1) is 37.8. The lowest BCUT2D eigenvalue weighted by atomic mass is 9.97. The zero-order valence-corrected chi connectivity index (χ0v) is 29.1. The molecule has 0 N–H and O–H groups in total. The average Bonchev–Trinajstić information content (AvgIpc) is 2.81. The molecule has 2 fully saturated rings. The van der Waals surface area contributed by atoms with Crippen LogP contribution in [0.5, 0.6) is 0 Å². The van der Waals surface area contributed by atoms with E-state index in [2.05, 4.69) is 103 Å². The molecule has 0 radical (unpaired) electrons. The first-order valence-corrected chi connectivity index (χ1v) is 16.8. The van der Waals surface area contributed by atoms with Crippen molar-refractivity contribution in [2.45, 2.75) is 118 Å². The third-order valence-corrected chi connectivity index (χ3v) is 8.44. The van der Waals surface area contributed by atoms with E-state index >= 15 is 0 Å². The number of morpholine rings is 2. The van der Waals surface area contributed by atoms with Crippen molar-refractivity contribution < 1.29 is 9.47 Å². The summed E-state index contributed by atoms with van der Waals surface area (Å²) in [5, 5.41) is 0. The summed E-state index contributed by atoms with van der Waals surface area (Å²) in [6.07, 6.45) is 8.61. The molecule has 6 nitrogen and oxygen atoms in total. The van der Waals surface area contributed by atoms with Gasteiger partial charge >= 0.3 is 0 Å². The van der Waals surface area contributed by atoms with Crippen LogP contribution in [0.3, 0.4) is 0 Å². The molecule has 6 heteroatoms. The Morgan fingerprint density at radius 2 is 0.950 bits per heavy atom. The number of likely N-dealkylation sites (N-methyl/N-ethyl adjacent to an activating group) is 4. The van der Waals surface area contributed by atoms with Gasteiger partial charge in [0.05, 0.1) is 25.4 Å². The van der Waals surface area contributed by atoms with Crippen molar-refractivity contribution in [3.63, 3.8) is 0 Å². The number of hydrogen-bond acceptors (Lipinski definition) is 6. The Morgan fingerprint density at radius 1 is 0.600 bits per heavy atom. The molecule has 0 aromatic heterocycles. The van der Waals surface area contributed by atoms with Crippen LogP contribution in [0.2, 0.25) is 0 Å². The summed E-state index contributed by atoms with van der Waals surface area (Å²) >= 11 is 0. The van der Waals surface area contributed by atoms with E-state index in [9.17, 15) is 0 Å². The summed E-state index contributed by atoms with van der Waals surface area (Å²) in [6, 6.07) is 1.19. The highest BCUT2D eigenvalue weighted by Gasteiger charge is 2.31. The zero-order chi connectivity index (χ0) is 30.2. The van der Waals surface area contributed by atoms with Crippen LogP contribution in [0.25, 0.3) is 0 Å². The van der Waals surface area contributed by atoms with Crippen molar-refractivity contribution in [1.29, 1.82) is 0 Å². The van der Waals surface area contributed by atoms with E-state index < -0.39 is 0 Å². The molecule has 0 unspecified atom stereocenters. The normalized spacial score (nSPS) is 25.1. The highest BCUT2D eigenvalue weighted by molar-refractivity contribution is 4.85. The van der Waals surface area contributed by atoms with Gasteiger partial charge in [-0.15, -0.1) is 0 Å². The molecule has 4 atom stereocenters. The summed E-state index contributed by atoms with van der Waals surface area (Å²) in [4.78, 5) is 9.89. The van der Waals surface area contributed by atoms with Gasteiger partial charge in [-0.3, -0.25) is 9.80 Å². The van der Waals surface area contributed by atoms with Gasteiger partial charge in [0.15, 0.2) is 0 Å². The standard InChI is InChI=1S/2C17H36N2O/c2*1-14(2)8-7-9-16-17(20-11-10-19(16)6)13-18(5)12-15(3)4/h2*14-17H,7-13H2,1-6H3/t16-,17+;16-,17-/m01/s1. The molecule has 40 heavy (non-hydrogen) atoms. The number of hydrogen-bond donors (Lipinski definition) is 0. The van der Waals surface area contributed by atoms with Gasteiger partial charge in [0.25, 0.3) is 0 Å². The Labute approximate surface area is 251 Å². The van der Waals surface area contributed by atoms with Gasteiger partial charge in [-0.1, -0.05) is 81.1 Å². The van der Waals surface area contributed by atoms with Crippen LogP contribution in [0.4, 0.5) is 0 Å². The predicted molar refractivity (Wildman–Crippen MR) is 174 cm³/mol. The van der Waals surface area contributed by atoms with Gasteiger partial charge in [0, 0.05) is 51.4 Å². The van der Waals surface area contributed by atoms with Crippen molar-refractivity contribution in [2.24, 2.45) is 23.7 Å². The summed E-state index contributed by atoms with van der Waals surface area (Å²) in [5.41, 5.74) is 0. The summed E-state index contributed by atoms with van der Waals surface area (Å²) < 4.78 is 12.2. The molecule has 0 amide bonds. The van der Waals surface area contributed by atoms with E-state index in [1.165, 1.54) is 38.5 Å². The number of ether oxygens (including phenoxy) is 2. The lowest BCUT2D eigenvalue weighted by molar-refractivity contribution is -0.0755. The Kier molecular flexibility index (Phi) is 19.5. The summed E-state index contributed by atoms with van der Waals surface area (Å²) in [5.74, 6) is 3.07. The van der Waals surface area contributed by atoms with E-state index in [1.54, 1.807) is 0 Å². The molecular formula is C34H72N4O2. The molecule has 0 aromatic rings. The largest absolute Gasteiger partial charge is 0.374 e. The maximum absolute atomic E-state index is 6.09. The third-order valence-electron chi connectivity index (χ3n) is 8.44. The van der Waals surface area contributed by atoms with E-state index in [-0.39, 0.29) is 0 Å². The van der Waals surface area contributed by atoms with Gasteiger partial charge in [-0.2, -0.15) is 0 Å². The van der Waals surface area contributed by atoms with Crippen LogP contribution >= 0.6 is 0 Å². The molecule has 2 aliphatic heterocycles. The monoisotopic (exact) mass is 569 g/mol. The first-order chi connectivity index (χ1) is 18.8. The maximum Gasteiger partial charge on any atom is 0.0857 e. The van der Waals surface area contributed by atoms with Gasteiger partial charge in [-0.25, -0.2) is 0 Å². The maximum atomic E-state index is 6.09. The van der Waals surface area contributed by atoms with Crippen molar-refractivity contribution in [1.82, 2.24) is 19.6 Å². The van der Waals surface area contributed by atoms with Gasteiger partial charge in [-0.05, 0) is 64.7 Å². The lowest BCUT2D eigenvalue weighted by Crippen LogP contribution is -2.53. The molecule has 0 aliphatic carbocycles. The molecule has 2 saturated heterocycles. The van der Waals surface area contributed by atoms with Gasteiger partial charge in [0.1, 0.15) is 0 Å². The molecule has 2 heterocycles. The van der Waals surface area contributed by atoms with E-state index in [0.29, 0.717) is 24.3 Å². The second-order valence-electron chi connectivity index (χ2n) is 14.8. The Hall–Kier alpha value is -0.240. The lowest BCUT2D eigenvalue weighted by Gasteiger charge is -2.41. The van der Waals surface area contributed by atoms with Crippen LogP contribution in [0, 0.1) is 23.7 Å². The van der Waals surface area contributed by atoms with E-state index in [0.717, 1.165) is 76.2 Å². The highest BCUT2D eigenvalue weighted by Crippen LogP contribution is 2.22. The molecular weight excluding hydrogens is 496 g/mol. The Bertz CT molecular complexity index is 563. The quantitative estimate of drug-likeness (QED) is 0.220. The number of rotatable bonds is 16. The highest BCUT2D eigenvalue weighted by atomic mass is 16.5. The number of nitrogens with zero attached hydrogens (tertiary/aromatic N) is 4. The fourth-order valence-corrected chi connectivity index (χ4v) is 6.46. The average molecular weight is 569 g/mol. The molecule has 0 aromatic carbocycles. The minimum absolute atomic E-state index is 0.379. The van der Waals surface area contributed by atoms with Crippen LogP contribution in [-0.4, -0.2) is 125 Å². The molecule has 0 spiro atoms. The molecule has 0 bridgehead atoms. The van der Waals surface area contributed by atoms with Crippen molar-refractivity contribution in [3.8, 4) is 0 Å². The van der Waals surface area contributed by atoms with E-state index in [1.807, 2.05) is 0 Å². The molecule has 240 valence electrons. The van der Waals surface area contributed by atoms with Crippen LogP contribution in [0.1, 0.15) is 93.9 Å². The van der Waals surface area contributed by atoms with Crippen LogP contribution < -0.4 is 0 Å². The third kappa shape index (κ3) is 16.4. The van der Waals surface area contributed by atoms with E-state index in [4.69, 9.17) is 9.47 Å². The van der Waals surface area contributed by atoms with Gasteiger partial charge in [0.2, 0.25) is 0 Å². The minimum Gasteiger partial charge on any atom is -0.374 e. The van der Waals surface area contributed by atoms with Crippen molar-refractivity contribution in [3.05, 3.63) is 0 Å². The molecule has 2 rings (SSSR count). The van der Waals surface area contributed by atoms with Crippen LogP contribution in [-0.2, 0) is 9.47 Å². The Balaban J connectivity index is 0.000000400. The molecule has 0 saturated carbocycles. The zero-order valence-electron chi connectivity index (χ0n) is 29.1. The minimum atomic E-state index is 0.379. The van der Waals surface area contributed by atoms with Crippen molar-refractivity contribution in [2.75, 3.05) is 80.7 Å². The molecule has 2 aliphatic rings. The second-order valence-corrected chi connectivity index (χ2v) is 14.8. The SMILES string of the molecule is CC(C)CCC[C@@H]1[C@@H](CN(C)CC(C)C)OCCN1C.CC(C)CCC[C@H]1[C@@H](CN(C)CC(C)C)OCCN1C. The van der Waals surface area contributed by atoms with Gasteiger partial charge < -0.3 is 19.3 Å². The first-order valence-electron chi connectivity index (χ1n) is 16.8. The summed E-state index contributed by atoms with van der Waals surface area (Å²) in [7, 11) is 8.97. The second kappa shape index (κ2) is 20.6. The van der Waals surface area contributed by atoms with Crippen LogP contribution in [0.15, 0.2) is 0 Å². The predicted octanol–water partition coefficient (Wildman–Crippen LogP) is 6.20. The summed E-state index contributed by atoms with van der Waals surface area (Å²) in [6.45, 7) is 26.8.